The molecule has 3 aromatic rings. The molecular weight excluding hydrogens is 420 g/mol. The van der Waals surface area contributed by atoms with Crippen molar-refractivity contribution in [3.05, 3.63) is 72.8 Å². The average molecular weight is 449 g/mol. The number of fused-ring (bicyclic) bond motifs is 1. The molecule has 1 aliphatic heterocycles. The SMILES string of the molecule is O=C(CCN1CCN(c2ccccc2)CC1)NNC(=O)CSc1ccc2ccccc2c1. The van der Waals surface area contributed by atoms with E-state index >= 15 is 0 Å². The number of benzene rings is 3. The topological polar surface area (TPSA) is 64.7 Å². The molecule has 1 heterocycles. The van der Waals surface area contributed by atoms with Crippen molar-refractivity contribution in [2.75, 3.05) is 43.4 Å². The number of thioether (sulfide) groups is 1. The molecule has 0 spiro atoms. The highest BCUT2D eigenvalue weighted by atomic mass is 32.2. The Morgan fingerprint density at radius 1 is 0.781 bits per heavy atom. The van der Waals surface area contributed by atoms with E-state index in [1.807, 2.05) is 24.3 Å². The minimum absolute atomic E-state index is 0.167. The van der Waals surface area contributed by atoms with Crippen LogP contribution in [0.4, 0.5) is 5.69 Å². The van der Waals surface area contributed by atoms with E-state index < -0.39 is 0 Å². The summed E-state index contributed by atoms with van der Waals surface area (Å²) in [5.74, 6) is -0.132. The Hall–Kier alpha value is -3.03. The second-order valence-electron chi connectivity index (χ2n) is 7.81. The molecule has 1 fully saturated rings. The molecule has 0 atom stereocenters. The van der Waals surface area contributed by atoms with Crippen LogP contribution in [0.3, 0.4) is 0 Å². The number of amides is 2. The molecular formula is C25H28N4O2S. The number of hydrogen-bond acceptors (Lipinski definition) is 5. The van der Waals surface area contributed by atoms with E-state index in [0.29, 0.717) is 13.0 Å². The summed E-state index contributed by atoms with van der Waals surface area (Å²) in [5, 5.41) is 2.32. The zero-order valence-corrected chi connectivity index (χ0v) is 18.8. The number of piperazine rings is 1. The molecule has 0 saturated carbocycles. The molecule has 166 valence electrons. The van der Waals surface area contributed by atoms with Gasteiger partial charge in [0.25, 0.3) is 0 Å². The number of nitrogens with zero attached hydrogens (tertiary/aromatic N) is 2. The summed E-state index contributed by atoms with van der Waals surface area (Å²) in [6.45, 7) is 4.45. The Morgan fingerprint density at radius 2 is 1.47 bits per heavy atom. The Bertz CT molecular complexity index is 1050. The van der Waals surface area contributed by atoms with Gasteiger partial charge in [0, 0.05) is 49.7 Å². The van der Waals surface area contributed by atoms with Crippen LogP contribution in [0.5, 0.6) is 0 Å². The molecule has 0 aromatic heterocycles. The van der Waals surface area contributed by atoms with Crippen LogP contribution in [0.2, 0.25) is 0 Å². The van der Waals surface area contributed by atoms with E-state index in [9.17, 15) is 9.59 Å². The lowest BCUT2D eigenvalue weighted by Gasteiger charge is -2.36. The summed E-state index contributed by atoms with van der Waals surface area (Å²) >= 11 is 1.45. The summed E-state index contributed by atoms with van der Waals surface area (Å²) in [7, 11) is 0. The first-order valence-electron chi connectivity index (χ1n) is 10.9. The molecule has 2 N–H and O–H groups in total. The van der Waals surface area contributed by atoms with Gasteiger partial charge in [-0.25, -0.2) is 0 Å². The highest BCUT2D eigenvalue weighted by Gasteiger charge is 2.17. The standard InChI is InChI=1S/C25H28N4O2S/c30-24(12-13-28-14-16-29(17-15-28)22-8-2-1-3-9-22)26-27-25(31)19-32-23-11-10-20-6-4-5-7-21(20)18-23/h1-11,18H,12-17,19H2,(H,26,30)(H,27,31). The molecule has 6 nitrogen and oxygen atoms in total. The number of hydrogen-bond donors (Lipinski definition) is 2. The number of carbonyl (C=O) groups excluding carboxylic acids is 2. The van der Waals surface area contributed by atoms with E-state index in [0.717, 1.165) is 36.5 Å². The monoisotopic (exact) mass is 448 g/mol. The second-order valence-corrected chi connectivity index (χ2v) is 8.86. The molecule has 32 heavy (non-hydrogen) atoms. The predicted octanol–water partition coefficient (Wildman–Crippen LogP) is 3.29. The van der Waals surface area contributed by atoms with Crippen molar-refractivity contribution in [2.24, 2.45) is 0 Å². The van der Waals surface area contributed by atoms with Crippen molar-refractivity contribution in [3.8, 4) is 0 Å². The zero-order valence-electron chi connectivity index (χ0n) is 18.0. The molecule has 2 amide bonds. The van der Waals surface area contributed by atoms with E-state index in [1.54, 1.807) is 0 Å². The Balaban J connectivity index is 1.12. The van der Waals surface area contributed by atoms with E-state index in [1.165, 1.54) is 22.8 Å². The predicted molar refractivity (Wildman–Crippen MR) is 131 cm³/mol. The average Bonchev–Trinajstić information content (AvgIpc) is 2.85. The highest BCUT2D eigenvalue weighted by Crippen LogP contribution is 2.23. The van der Waals surface area contributed by atoms with Gasteiger partial charge in [-0.1, -0.05) is 48.5 Å². The number of anilines is 1. The second kappa shape index (κ2) is 11.0. The van der Waals surface area contributed by atoms with Gasteiger partial charge in [-0.2, -0.15) is 0 Å². The van der Waals surface area contributed by atoms with Gasteiger partial charge in [-0.05, 0) is 35.0 Å². The summed E-state index contributed by atoms with van der Waals surface area (Å²) < 4.78 is 0. The van der Waals surface area contributed by atoms with Gasteiger partial charge in [-0.3, -0.25) is 25.3 Å². The molecule has 0 unspecified atom stereocenters. The molecule has 0 bridgehead atoms. The van der Waals surface area contributed by atoms with Crippen molar-refractivity contribution < 1.29 is 9.59 Å². The number of para-hydroxylation sites is 1. The lowest BCUT2D eigenvalue weighted by atomic mass is 10.1. The molecule has 3 aromatic carbocycles. The lowest BCUT2D eigenvalue weighted by molar-refractivity contribution is -0.127. The number of nitrogens with one attached hydrogen (secondary N) is 2. The smallest absolute Gasteiger partial charge is 0.248 e. The Kier molecular flexibility index (Phi) is 7.64. The maximum absolute atomic E-state index is 12.1. The van der Waals surface area contributed by atoms with Gasteiger partial charge in [0.1, 0.15) is 0 Å². The van der Waals surface area contributed by atoms with Crippen LogP contribution in [-0.2, 0) is 9.59 Å². The molecule has 0 radical (unpaired) electrons. The normalized spacial score (nSPS) is 14.3. The molecule has 1 aliphatic rings. The van der Waals surface area contributed by atoms with E-state index in [-0.39, 0.29) is 17.6 Å². The van der Waals surface area contributed by atoms with Gasteiger partial charge < -0.3 is 4.90 Å². The maximum Gasteiger partial charge on any atom is 0.248 e. The summed E-state index contributed by atoms with van der Waals surface area (Å²) in [5.41, 5.74) is 6.30. The molecule has 4 rings (SSSR count). The Morgan fingerprint density at radius 3 is 2.25 bits per heavy atom. The number of hydrazine groups is 1. The van der Waals surface area contributed by atoms with Crippen molar-refractivity contribution in [1.29, 1.82) is 0 Å². The first-order valence-corrected chi connectivity index (χ1v) is 11.9. The third kappa shape index (κ3) is 6.24. The molecule has 1 saturated heterocycles. The maximum atomic E-state index is 12.1. The van der Waals surface area contributed by atoms with Crippen molar-refractivity contribution in [2.45, 2.75) is 11.3 Å². The summed E-state index contributed by atoms with van der Waals surface area (Å²) in [4.78, 5) is 29.9. The summed E-state index contributed by atoms with van der Waals surface area (Å²) in [6.07, 6.45) is 0.365. The van der Waals surface area contributed by atoms with Gasteiger partial charge in [0.05, 0.1) is 5.75 Å². The van der Waals surface area contributed by atoms with Crippen molar-refractivity contribution in [1.82, 2.24) is 15.8 Å². The third-order valence-corrected chi connectivity index (χ3v) is 6.57. The fraction of sp³-hybridized carbons (Fsp3) is 0.280. The van der Waals surface area contributed by atoms with Gasteiger partial charge >= 0.3 is 0 Å². The van der Waals surface area contributed by atoms with Crippen LogP contribution in [0.25, 0.3) is 10.8 Å². The fourth-order valence-electron chi connectivity index (χ4n) is 3.77. The summed E-state index contributed by atoms with van der Waals surface area (Å²) in [6, 6.07) is 24.7. The molecule has 7 heteroatoms. The quantitative estimate of drug-likeness (QED) is 0.429. The van der Waals surface area contributed by atoms with Crippen LogP contribution in [0.1, 0.15) is 6.42 Å². The first kappa shape index (κ1) is 22.2. The van der Waals surface area contributed by atoms with Crippen molar-refractivity contribution in [3.63, 3.8) is 0 Å². The first-order chi connectivity index (χ1) is 15.7. The number of carbonyl (C=O) groups is 2. The minimum Gasteiger partial charge on any atom is -0.369 e. The van der Waals surface area contributed by atoms with Crippen LogP contribution < -0.4 is 15.8 Å². The fourth-order valence-corrected chi connectivity index (χ4v) is 4.52. The van der Waals surface area contributed by atoms with E-state index in [4.69, 9.17) is 0 Å². The minimum atomic E-state index is -0.215. The van der Waals surface area contributed by atoms with Crippen molar-refractivity contribution >= 4 is 40.0 Å². The van der Waals surface area contributed by atoms with Gasteiger partial charge in [-0.15, -0.1) is 11.8 Å². The lowest BCUT2D eigenvalue weighted by Crippen LogP contribution is -2.48. The van der Waals surface area contributed by atoms with Crippen LogP contribution in [0.15, 0.2) is 77.7 Å². The van der Waals surface area contributed by atoms with Gasteiger partial charge in [0.15, 0.2) is 0 Å². The van der Waals surface area contributed by atoms with Gasteiger partial charge in [0.2, 0.25) is 11.8 Å². The third-order valence-electron chi connectivity index (χ3n) is 5.58. The van der Waals surface area contributed by atoms with Crippen LogP contribution >= 0.6 is 11.8 Å². The van der Waals surface area contributed by atoms with Crippen LogP contribution in [0, 0.1) is 0 Å². The zero-order chi connectivity index (χ0) is 22.2. The molecule has 0 aliphatic carbocycles. The highest BCUT2D eigenvalue weighted by molar-refractivity contribution is 8.00. The number of rotatable bonds is 7. The van der Waals surface area contributed by atoms with E-state index in [2.05, 4.69) is 69.2 Å². The largest absolute Gasteiger partial charge is 0.369 e. The Labute approximate surface area is 192 Å². The van der Waals surface area contributed by atoms with Crippen LogP contribution in [-0.4, -0.2) is 55.2 Å².